The predicted molar refractivity (Wildman–Crippen MR) is 282 cm³/mol. The summed E-state index contributed by atoms with van der Waals surface area (Å²) >= 11 is 0. The van der Waals surface area contributed by atoms with Gasteiger partial charge in [0.1, 0.15) is 0 Å². The SMILES string of the molecule is C1=CCCC(c2nc(C3=CC=CC(c4ccc5c6ccccc6n(-c6ccc(-c7ccc8c(c7)c7ccccc7n8-c7cccc(-c8ccccc8)c7)cc6)c5c4)C3)nc(-c3ccccc3)n2)=C1. The van der Waals surface area contributed by atoms with Crippen LogP contribution in [0.25, 0.3) is 99.8 Å². The highest BCUT2D eigenvalue weighted by Crippen LogP contribution is 2.40. The minimum atomic E-state index is 0.152. The van der Waals surface area contributed by atoms with Crippen LogP contribution in [0.2, 0.25) is 0 Å². The van der Waals surface area contributed by atoms with Gasteiger partial charge in [-0.15, -0.1) is 0 Å². The molecule has 0 saturated heterocycles. The molecule has 0 amide bonds. The highest BCUT2D eigenvalue weighted by Gasteiger charge is 2.22. The standard InChI is InChI=1S/C63H45N5/c1-4-16-42(17-5-1)47-23-15-25-52(39-47)68-58-29-13-11-27-54(58)56-40-48(33-37-59(56)68)43-30-34-51(35-31-43)67-57-28-12-10-26-53(57)55-36-32-49(41-60(55)67)46-22-14-24-50(38-46)63-65-61(44-18-6-2-7-19-44)64-62(66-63)45-20-8-3-9-21-45/h1-8,10-20,22-37,39-41,46H,9,21,38H2. The Balaban J connectivity index is 0.843. The van der Waals surface area contributed by atoms with Crippen LogP contribution in [0.5, 0.6) is 0 Å². The minimum Gasteiger partial charge on any atom is -0.309 e. The molecule has 13 rings (SSSR count). The number of aromatic nitrogens is 5. The van der Waals surface area contributed by atoms with Crippen molar-refractivity contribution in [2.75, 3.05) is 0 Å². The van der Waals surface area contributed by atoms with E-state index in [1.54, 1.807) is 0 Å². The molecule has 0 N–H and O–H groups in total. The highest BCUT2D eigenvalue weighted by molar-refractivity contribution is 6.11. The third-order valence-electron chi connectivity index (χ3n) is 13.8. The molecule has 0 bridgehead atoms. The van der Waals surface area contributed by atoms with E-state index in [9.17, 15) is 0 Å². The molecule has 3 aromatic heterocycles. The number of rotatable bonds is 8. The zero-order valence-electron chi connectivity index (χ0n) is 37.4. The molecule has 5 nitrogen and oxygen atoms in total. The van der Waals surface area contributed by atoms with Crippen LogP contribution in [0.15, 0.2) is 231 Å². The topological polar surface area (TPSA) is 48.5 Å². The molecular weight excluding hydrogens is 827 g/mol. The Kier molecular flexibility index (Phi) is 9.71. The van der Waals surface area contributed by atoms with Crippen molar-refractivity contribution in [1.29, 1.82) is 0 Å². The third-order valence-corrected chi connectivity index (χ3v) is 13.8. The number of hydrogen-bond donors (Lipinski definition) is 0. The number of fused-ring (bicyclic) bond motifs is 6. The summed E-state index contributed by atoms with van der Waals surface area (Å²) in [4.78, 5) is 15.2. The maximum atomic E-state index is 5.12. The van der Waals surface area contributed by atoms with E-state index in [0.717, 1.165) is 59.0 Å². The van der Waals surface area contributed by atoms with Crippen molar-refractivity contribution in [1.82, 2.24) is 24.1 Å². The van der Waals surface area contributed by atoms with Gasteiger partial charge >= 0.3 is 0 Å². The van der Waals surface area contributed by atoms with Crippen LogP contribution in [-0.2, 0) is 0 Å². The Morgan fingerprint density at radius 3 is 1.74 bits per heavy atom. The summed E-state index contributed by atoms with van der Waals surface area (Å²) in [5.74, 6) is 2.36. The van der Waals surface area contributed by atoms with Gasteiger partial charge < -0.3 is 9.13 Å². The zero-order chi connectivity index (χ0) is 45.0. The first-order valence-electron chi connectivity index (χ1n) is 23.6. The van der Waals surface area contributed by atoms with Gasteiger partial charge in [0.05, 0.1) is 22.1 Å². The van der Waals surface area contributed by atoms with E-state index >= 15 is 0 Å². The summed E-state index contributed by atoms with van der Waals surface area (Å²) in [6.07, 6.45) is 15.8. The molecule has 2 aliphatic rings. The van der Waals surface area contributed by atoms with Gasteiger partial charge in [0.25, 0.3) is 0 Å². The normalized spacial score (nSPS) is 14.8. The van der Waals surface area contributed by atoms with E-state index < -0.39 is 0 Å². The fourth-order valence-electron chi connectivity index (χ4n) is 10.4. The zero-order valence-corrected chi connectivity index (χ0v) is 37.4. The second kappa shape index (κ2) is 16.6. The van der Waals surface area contributed by atoms with Gasteiger partial charge in [0.15, 0.2) is 17.5 Å². The fraction of sp³-hybridized carbons (Fsp3) is 0.0635. The summed E-state index contributed by atoms with van der Waals surface area (Å²) in [6.45, 7) is 0. The molecule has 0 saturated carbocycles. The van der Waals surface area contributed by atoms with Crippen LogP contribution in [0.4, 0.5) is 0 Å². The van der Waals surface area contributed by atoms with E-state index in [4.69, 9.17) is 15.0 Å². The molecule has 8 aromatic carbocycles. The number of allylic oxidation sites excluding steroid dienone is 8. The molecule has 0 fully saturated rings. The number of hydrogen-bond acceptors (Lipinski definition) is 3. The van der Waals surface area contributed by atoms with Crippen molar-refractivity contribution < 1.29 is 0 Å². The van der Waals surface area contributed by atoms with Crippen LogP contribution in [0.3, 0.4) is 0 Å². The first kappa shape index (κ1) is 39.7. The van der Waals surface area contributed by atoms with Gasteiger partial charge in [-0.25, -0.2) is 15.0 Å². The average molecular weight is 872 g/mol. The van der Waals surface area contributed by atoms with Crippen LogP contribution in [0.1, 0.15) is 42.4 Å². The average Bonchev–Trinajstić information content (AvgIpc) is 3.94. The Bertz CT molecular complexity index is 3870. The number of benzene rings is 8. The predicted octanol–water partition coefficient (Wildman–Crippen LogP) is 15.9. The van der Waals surface area contributed by atoms with E-state index in [-0.39, 0.29) is 5.92 Å². The second-order valence-corrected chi connectivity index (χ2v) is 17.9. The van der Waals surface area contributed by atoms with E-state index in [0.29, 0.717) is 5.82 Å². The van der Waals surface area contributed by atoms with Gasteiger partial charge in [-0.05, 0) is 113 Å². The monoisotopic (exact) mass is 871 g/mol. The molecule has 2 aliphatic carbocycles. The molecular formula is C63H45N5. The van der Waals surface area contributed by atoms with Crippen LogP contribution >= 0.6 is 0 Å². The highest BCUT2D eigenvalue weighted by atomic mass is 15.0. The largest absolute Gasteiger partial charge is 0.309 e. The summed E-state index contributed by atoms with van der Waals surface area (Å²) in [7, 11) is 0. The van der Waals surface area contributed by atoms with Gasteiger partial charge in [0.2, 0.25) is 0 Å². The minimum absolute atomic E-state index is 0.152. The molecule has 68 heavy (non-hydrogen) atoms. The van der Waals surface area contributed by atoms with Crippen molar-refractivity contribution >= 4 is 54.8 Å². The first-order chi connectivity index (χ1) is 33.7. The molecule has 1 atom stereocenters. The summed E-state index contributed by atoms with van der Waals surface area (Å²) in [5, 5.41) is 4.97. The molecule has 5 heteroatoms. The van der Waals surface area contributed by atoms with Gasteiger partial charge in [-0.2, -0.15) is 0 Å². The second-order valence-electron chi connectivity index (χ2n) is 17.9. The molecule has 1 unspecified atom stereocenters. The molecule has 322 valence electrons. The molecule has 0 radical (unpaired) electrons. The van der Waals surface area contributed by atoms with Gasteiger partial charge in [0, 0.05) is 44.4 Å². The summed E-state index contributed by atoms with van der Waals surface area (Å²) in [5.41, 5.74) is 16.4. The Hall–Kier alpha value is -8.67. The maximum absolute atomic E-state index is 5.12. The lowest BCUT2D eigenvalue weighted by Crippen LogP contribution is -2.08. The summed E-state index contributed by atoms with van der Waals surface area (Å²) in [6, 6.07) is 70.3. The van der Waals surface area contributed by atoms with Gasteiger partial charge in [-0.3, -0.25) is 0 Å². The molecule has 11 aromatic rings. The van der Waals surface area contributed by atoms with Crippen LogP contribution in [-0.4, -0.2) is 24.1 Å². The Labute approximate surface area is 395 Å². The lowest BCUT2D eigenvalue weighted by atomic mass is 9.87. The van der Waals surface area contributed by atoms with E-state index in [1.807, 2.05) is 18.2 Å². The number of nitrogens with zero attached hydrogens (tertiary/aromatic N) is 5. The van der Waals surface area contributed by atoms with Crippen molar-refractivity contribution in [2.24, 2.45) is 0 Å². The van der Waals surface area contributed by atoms with Crippen molar-refractivity contribution in [3.05, 3.63) is 248 Å². The quantitative estimate of drug-likeness (QED) is 0.153. The van der Waals surface area contributed by atoms with Crippen LogP contribution in [0, 0.1) is 0 Å². The molecule has 0 spiro atoms. The summed E-state index contributed by atoms with van der Waals surface area (Å²) < 4.78 is 4.83. The Morgan fingerprint density at radius 2 is 0.971 bits per heavy atom. The van der Waals surface area contributed by atoms with Crippen molar-refractivity contribution in [2.45, 2.75) is 25.2 Å². The number of para-hydroxylation sites is 2. The van der Waals surface area contributed by atoms with E-state index in [1.165, 1.54) is 71.4 Å². The molecule has 3 heterocycles. The Morgan fingerprint density at radius 1 is 0.382 bits per heavy atom. The molecule has 0 aliphatic heterocycles. The lowest BCUT2D eigenvalue weighted by Gasteiger charge is -2.20. The fourth-order valence-corrected chi connectivity index (χ4v) is 10.4. The maximum Gasteiger partial charge on any atom is 0.164 e. The lowest BCUT2D eigenvalue weighted by molar-refractivity contribution is 0.850. The van der Waals surface area contributed by atoms with Crippen molar-refractivity contribution in [3.63, 3.8) is 0 Å². The van der Waals surface area contributed by atoms with Crippen molar-refractivity contribution in [3.8, 4) is 45.0 Å². The van der Waals surface area contributed by atoms with Gasteiger partial charge in [-0.1, -0.05) is 176 Å². The first-order valence-corrected chi connectivity index (χ1v) is 23.6. The van der Waals surface area contributed by atoms with Crippen LogP contribution < -0.4 is 0 Å². The van der Waals surface area contributed by atoms with E-state index in [2.05, 4.69) is 222 Å². The third kappa shape index (κ3) is 6.99. The smallest absolute Gasteiger partial charge is 0.164 e.